The number of nitrogens with one attached hydrogen (secondary N) is 2. The monoisotopic (exact) mass is 679 g/mol. The predicted molar refractivity (Wildman–Crippen MR) is 191 cm³/mol. The molecular formula is C37H38ClN7O4. The zero-order valence-corrected chi connectivity index (χ0v) is 27.9. The smallest absolute Gasteiger partial charge is 0.275 e. The van der Waals surface area contributed by atoms with E-state index in [0.29, 0.717) is 47.4 Å². The Morgan fingerprint density at radius 1 is 0.633 bits per heavy atom. The second-order valence-corrected chi connectivity index (χ2v) is 12.7. The summed E-state index contributed by atoms with van der Waals surface area (Å²) in [5.74, 6) is 0.707. The molecule has 2 N–H and O–H groups in total. The minimum atomic E-state index is -0.570. The van der Waals surface area contributed by atoms with Crippen molar-refractivity contribution in [3.05, 3.63) is 89.2 Å². The maximum absolute atomic E-state index is 13.4. The van der Waals surface area contributed by atoms with Crippen molar-refractivity contribution in [3.63, 3.8) is 0 Å². The first kappa shape index (κ1) is 32.7. The summed E-state index contributed by atoms with van der Waals surface area (Å²) in [7, 11) is 0. The summed E-state index contributed by atoms with van der Waals surface area (Å²) in [4.78, 5) is 45.2. The van der Waals surface area contributed by atoms with Crippen LogP contribution in [0.15, 0.2) is 72.8 Å². The summed E-state index contributed by atoms with van der Waals surface area (Å²) in [5.41, 5.74) is 1.28. The van der Waals surface area contributed by atoms with Gasteiger partial charge >= 0.3 is 0 Å². The Hall–Kier alpha value is -4.84. The number of hydrogen-bond acceptors (Lipinski definition) is 9. The highest BCUT2D eigenvalue weighted by molar-refractivity contribution is 6.31. The normalized spacial score (nSPS) is 15.1. The quantitative estimate of drug-likeness (QED) is 0.157. The molecule has 11 nitrogen and oxygen atoms in total. The summed E-state index contributed by atoms with van der Waals surface area (Å²) >= 11 is 6.39. The Balaban J connectivity index is 1.06. The van der Waals surface area contributed by atoms with E-state index < -0.39 is 11.8 Å². The molecule has 0 radical (unpaired) electrons. The molecule has 0 bridgehead atoms. The van der Waals surface area contributed by atoms with Crippen molar-refractivity contribution in [2.24, 2.45) is 0 Å². The first-order valence-electron chi connectivity index (χ1n) is 16.8. The summed E-state index contributed by atoms with van der Waals surface area (Å²) < 4.78 is 12.4. The Morgan fingerprint density at radius 2 is 1.06 bits per heavy atom. The van der Waals surface area contributed by atoms with Crippen LogP contribution >= 0.6 is 11.6 Å². The Morgan fingerprint density at radius 3 is 1.51 bits per heavy atom. The Bertz CT molecular complexity index is 1840. The van der Waals surface area contributed by atoms with E-state index >= 15 is 0 Å². The first-order valence-corrected chi connectivity index (χ1v) is 17.2. The van der Waals surface area contributed by atoms with Crippen LogP contribution in [0.4, 0.5) is 11.6 Å². The fourth-order valence-corrected chi connectivity index (χ4v) is 6.53. The predicted octanol–water partition coefficient (Wildman–Crippen LogP) is 6.29. The van der Waals surface area contributed by atoms with E-state index in [0.717, 1.165) is 50.0 Å². The van der Waals surface area contributed by atoms with Crippen LogP contribution in [-0.4, -0.2) is 89.0 Å². The van der Waals surface area contributed by atoms with E-state index in [-0.39, 0.29) is 16.4 Å². The van der Waals surface area contributed by atoms with E-state index in [2.05, 4.69) is 35.4 Å². The molecule has 5 aromatic rings. The number of carbonyl (C=O) groups is 2. The van der Waals surface area contributed by atoms with Gasteiger partial charge in [-0.2, -0.15) is 0 Å². The third-order valence-electron chi connectivity index (χ3n) is 8.82. The van der Waals surface area contributed by atoms with Gasteiger partial charge < -0.3 is 20.1 Å². The Labute approximate surface area is 289 Å². The number of pyridine rings is 3. The number of halogens is 1. The van der Waals surface area contributed by atoms with Gasteiger partial charge in [0.1, 0.15) is 47.7 Å². The number of ether oxygens (including phenoxy) is 2. The van der Waals surface area contributed by atoms with Crippen LogP contribution in [0.5, 0.6) is 11.5 Å². The molecule has 0 aliphatic carbocycles. The standard InChI is InChI=1S/C37H38ClN7O4/c38-25-21-30(36(46)42-34-23-32(26-9-1-3-11-28(26)40-34)48-19-17-44-13-5-6-14-44)39-31(22-25)37(47)43-35-24-33(27-10-2-4-12-29(27)41-35)49-20-18-45-15-7-8-16-45/h1-4,9-12,21-24H,5-8,13-20H2,(H,40,42,46)(H,41,43,47). The number of anilines is 2. The SMILES string of the molecule is O=C(Nc1cc(OCCN2CCCC2)c2ccccc2n1)c1cc(Cl)cc(C(=O)Nc2cc(OCCN3CCCC3)c3ccccc3n2)n1. The lowest BCUT2D eigenvalue weighted by molar-refractivity contribution is 0.101. The van der Waals surface area contributed by atoms with Crippen LogP contribution in [0.1, 0.15) is 46.7 Å². The minimum Gasteiger partial charge on any atom is -0.491 e. The highest BCUT2D eigenvalue weighted by atomic mass is 35.5. The average molecular weight is 680 g/mol. The lowest BCUT2D eigenvalue weighted by Gasteiger charge is -2.16. The van der Waals surface area contributed by atoms with Gasteiger partial charge in [-0.1, -0.05) is 35.9 Å². The molecule has 2 fully saturated rings. The first-order chi connectivity index (χ1) is 24.0. The van der Waals surface area contributed by atoms with Gasteiger partial charge in [0.15, 0.2) is 0 Å². The molecule has 7 rings (SSSR count). The molecule has 252 valence electrons. The molecular weight excluding hydrogens is 642 g/mol. The van der Waals surface area contributed by atoms with Crippen LogP contribution in [0, 0.1) is 0 Å². The third-order valence-corrected chi connectivity index (χ3v) is 9.04. The van der Waals surface area contributed by atoms with Crippen LogP contribution in [-0.2, 0) is 0 Å². The summed E-state index contributed by atoms with van der Waals surface area (Å²) in [5, 5.41) is 7.50. The lowest BCUT2D eigenvalue weighted by atomic mass is 10.2. The van der Waals surface area contributed by atoms with Crippen molar-refractivity contribution in [3.8, 4) is 11.5 Å². The fraction of sp³-hybridized carbons (Fsp3) is 0.324. The van der Waals surface area contributed by atoms with Gasteiger partial charge in [0.25, 0.3) is 11.8 Å². The van der Waals surface area contributed by atoms with Crippen molar-refractivity contribution in [2.75, 3.05) is 63.1 Å². The number of aromatic nitrogens is 3. The van der Waals surface area contributed by atoms with Gasteiger partial charge in [-0.15, -0.1) is 0 Å². The second kappa shape index (κ2) is 15.1. The van der Waals surface area contributed by atoms with Crippen molar-refractivity contribution >= 4 is 56.9 Å². The second-order valence-electron chi connectivity index (χ2n) is 12.3. The zero-order chi connectivity index (χ0) is 33.6. The molecule has 3 aromatic heterocycles. The molecule has 2 saturated heterocycles. The van der Waals surface area contributed by atoms with Crippen LogP contribution in [0.25, 0.3) is 21.8 Å². The van der Waals surface area contributed by atoms with Gasteiger partial charge in [0.2, 0.25) is 0 Å². The number of para-hydroxylation sites is 2. The highest BCUT2D eigenvalue weighted by Crippen LogP contribution is 2.29. The van der Waals surface area contributed by atoms with Crippen molar-refractivity contribution in [1.29, 1.82) is 0 Å². The minimum absolute atomic E-state index is 0.0403. The molecule has 2 aliphatic rings. The zero-order valence-electron chi connectivity index (χ0n) is 27.2. The number of likely N-dealkylation sites (tertiary alicyclic amines) is 2. The van der Waals surface area contributed by atoms with Crippen LogP contribution < -0.4 is 20.1 Å². The number of carbonyl (C=O) groups excluding carboxylic acids is 2. The number of nitrogens with zero attached hydrogens (tertiary/aromatic N) is 5. The molecule has 2 aromatic carbocycles. The summed E-state index contributed by atoms with van der Waals surface area (Å²) in [6, 6.07) is 21.4. The topological polar surface area (TPSA) is 122 Å². The fourth-order valence-electron chi connectivity index (χ4n) is 6.33. The molecule has 0 unspecified atom stereocenters. The Kier molecular flexibility index (Phi) is 10.1. The average Bonchev–Trinajstić information content (AvgIpc) is 3.83. The summed E-state index contributed by atoms with van der Waals surface area (Å²) in [6.45, 7) is 7.04. The van der Waals surface area contributed by atoms with Gasteiger partial charge in [-0.3, -0.25) is 19.4 Å². The van der Waals surface area contributed by atoms with E-state index in [1.54, 1.807) is 12.1 Å². The molecule has 49 heavy (non-hydrogen) atoms. The third kappa shape index (κ3) is 8.07. The summed E-state index contributed by atoms with van der Waals surface area (Å²) in [6.07, 6.45) is 4.85. The lowest BCUT2D eigenvalue weighted by Crippen LogP contribution is -2.25. The van der Waals surface area contributed by atoms with E-state index in [1.807, 2.05) is 48.5 Å². The van der Waals surface area contributed by atoms with E-state index in [4.69, 9.17) is 21.1 Å². The van der Waals surface area contributed by atoms with Crippen molar-refractivity contribution in [2.45, 2.75) is 25.7 Å². The van der Waals surface area contributed by atoms with Gasteiger partial charge in [0, 0.05) is 41.0 Å². The van der Waals surface area contributed by atoms with E-state index in [9.17, 15) is 9.59 Å². The number of fused-ring (bicyclic) bond motifs is 2. The number of benzene rings is 2. The largest absolute Gasteiger partial charge is 0.491 e. The number of hydrogen-bond donors (Lipinski definition) is 2. The molecule has 2 amide bonds. The number of amides is 2. The molecule has 12 heteroatoms. The van der Waals surface area contributed by atoms with Crippen molar-refractivity contribution in [1.82, 2.24) is 24.8 Å². The van der Waals surface area contributed by atoms with Gasteiger partial charge in [0.05, 0.1) is 11.0 Å². The number of rotatable bonds is 12. The molecule has 5 heterocycles. The van der Waals surface area contributed by atoms with Gasteiger partial charge in [-0.25, -0.2) is 15.0 Å². The van der Waals surface area contributed by atoms with Crippen LogP contribution in [0.3, 0.4) is 0 Å². The highest BCUT2D eigenvalue weighted by Gasteiger charge is 2.19. The molecule has 2 aliphatic heterocycles. The van der Waals surface area contributed by atoms with Gasteiger partial charge in [-0.05, 0) is 88.3 Å². The molecule has 0 saturated carbocycles. The van der Waals surface area contributed by atoms with E-state index in [1.165, 1.54) is 37.8 Å². The molecule has 0 spiro atoms. The van der Waals surface area contributed by atoms with Crippen LogP contribution in [0.2, 0.25) is 5.02 Å². The maximum atomic E-state index is 13.4. The maximum Gasteiger partial charge on any atom is 0.275 e. The molecule has 0 atom stereocenters. The van der Waals surface area contributed by atoms with Crippen molar-refractivity contribution < 1.29 is 19.1 Å².